The summed E-state index contributed by atoms with van der Waals surface area (Å²) in [5, 5.41) is 12.7. The maximum Gasteiger partial charge on any atom is 0.251 e. The van der Waals surface area contributed by atoms with Crippen molar-refractivity contribution in [1.29, 1.82) is 0 Å². The number of aliphatic imine (C=N–C) groups is 1. The van der Waals surface area contributed by atoms with Crippen LogP contribution in [0, 0.1) is 39.2 Å². The molecule has 0 radical (unpaired) electrons. The lowest BCUT2D eigenvalue weighted by Crippen LogP contribution is -2.49. The van der Waals surface area contributed by atoms with Gasteiger partial charge in [-0.2, -0.15) is 0 Å². The van der Waals surface area contributed by atoms with E-state index in [1.54, 1.807) is 5.43 Å². The third-order valence-electron chi connectivity index (χ3n) is 7.81. The molecule has 4 N–H and O–H groups in total. The minimum Gasteiger partial charge on any atom is -0.365 e. The van der Waals surface area contributed by atoms with E-state index >= 15 is 0 Å². The molecule has 4 bridgehead atoms. The molecule has 9 heteroatoms. The Kier molecular flexibility index (Phi) is 8.11. The molecule has 32 heavy (non-hydrogen) atoms. The number of nitro groups is 1. The van der Waals surface area contributed by atoms with Crippen LogP contribution in [-0.4, -0.2) is 35.3 Å². The van der Waals surface area contributed by atoms with Crippen LogP contribution in [0.1, 0.15) is 84.5 Å². The molecule has 0 aromatic carbocycles. The Hall–Kier alpha value is -2.19. The molecule has 180 valence electrons. The SMILES string of the molecule is CCC(C)CC(=O)[C@H](CCCN=C(N)N[N+](=O)[O-])NC(=O)CC12CC3CC(CC(C3)C1)C2. The van der Waals surface area contributed by atoms with Crippen LogP contribution < -0.4 is 16.5 Å². The molecule has 0 aliphatic heterocycles. The highest BCUT2D eigenvalue weighted by Crippen LogP contribution is 2.61. The first-order valence-corrected chi connectivity index (χ1v) is 12.2. The Balaban J connectivity index is 1.55. The number of nitrogens with two attached hydrogens (primary N) is 1. The largest absolute Gasteiger partial charge is 0.365 e. The Morgan fingerprint density at radius 3 is 2.31 bits per heavy atom. The van der Waals surface area contributed by atoms with E-state index in [0.717, 1.165) is 43.4 Å². The number of hydrazine groups is 1. The van der Waals surface area contributed by atoms with Gasteiger partial charge < -0.3 is 11.1 Å². The van der Waals surface area contributed by atoms with Crippen LogP contribution in [-0.2, 0) is 9.59 Å². The van der Waals surface area contributed by atoms with Crippen molar-refractivity contribution in [2.75, 3.05) is 6.54 Å². The Labute approximate surface area is 190 Å². The van der Waals surface area contributed by atoms with Gasteiger partial charge in [-0.3, -0.25) is 9.59 Å². The number of hydrogen-bond acceptors (Lipinski definition) is 5. The number of rotatable bonds is 12. The van der Waals surface area contributed by atoms with Crippen LogP contribution in [0.4, 0.5) is 0 Å². The van der Waals surface area contributed by atoms with E-state index in [2.05, 4.69) is 17.2 Å². The van der Waals surface area contributed by atoms with Gasteiger partial charge in [0, 0.05) is 19.4 Å². The second-order valence-corrected chi connectivity index (χ2v) is 10.7. The summed E-state index contributed by atoms with van der Waals surface area (Å²) in [5.74, 6) is 2.41. The van der Waals surface area contributed by atoms with Crippen LogP contribution in [0.3, 0.4) is 0 Å². The van der Waals surface area contributed by atoms with E-state index < -0.39 is 11.1 Å². The summed E-state index contributed by atoms with van der Waals surface area (Å²) in [6.45, 7) is 4.35. The lowest BCUT2D eigenvalue weighted by molar-refractivity contribution is -0.525. The third kappa shape index (κ3) is 6.65. The molecule has 4 fully saturated rings. The number of carbonyl (C=O) groups is 2. The zero-order valence-electron chi connectivity index (χ0n) is 19.5. The quantitative estimate of drug-likeness (QED) is 0.138. The van der Waals surface area contributed by atoms with Gasteiger partial charge >= 0.3 is 0 Å². The zero-order chi connectivity index (χ0) is 23.3. The first kappa shape index (κ1) is 24.5. The first-order valence-electron chi connectivity index (χ1n) is 12.2. The minimum atomic E-state index is -0.762. The molecule has 1 unspecified atom stereocenters. The summed E-state index contributed by atoms with van der Waals surface area (Å²) < 4.78 is 0. The van der Waals surface area contributed by atoms with Gasteiger partial charge in [-0.15, -0.1) is 0 Å². The van der Waals surface area contributed by atoms with Crippen molar-refractivity contribution in [2.24, 2.45) is 39.8 Å². The molecule has 0 spiro atoms. The van der Waals surface area contributed by atoms with Gasteiger partial charge in [0.2, 0.25) is 5.91 Å². The molecule has 4 rings (SSSR count). The Morgan fingerprint density at radius 2 is 1.78 bits per heavy atom. The number of hydrogen-bond donors (Lipinski definition) is 3. The molecular formula is C23H39N5O4. The second-order valence-electron chi connectivity index (χ2n) is 10.7. The van der Waals surface area contributed by atoms with Gasteiger partial charge in [0.1, 0.15) is 0 Å². The Bertz CT molecular complexity index is 703. The van der Waals surface area contributed by atoms with Crippen molar-refractivity contribution < 1.29 is 14.6 Å². The summed E-state index contributed by atoms with van der Waals surface area (Å²) in [5.41, 5.74) is 7.38. The topological polar surface area (TPSA) is 140 Å². The summed E-state index contributed by atoms with van der Waals surface area (Å²) in [7, 11) is 0. The lowest BCUT2D eigenvalue weighted by atomic mass is 9.49. The molecule has 0 saturated heterocycles. The molecule has 0 aromatic heterocycles. The zero-order valence-corrected chi connectivity index (χ0v) is 19.5. The lowest BCUT2D eigenvalue weighted by Gasteiger charge is -2.56. The fourth-order valence-electron chi connectivity index (χ4n) is 6.66. The van der Waals surface area contributed by atoms with Crippen LogP contribution in [0.15, 0.2) is 4.99 Å². The highest BCUT2D eigenvalue weighted by molar-refractivity contribution is 5.89. The summed E-state index contributed by atoms with van der Waals surface area (Å²) in [6, 6.07) is -0.537. The van der Waals surface area contributed by atoms with Crippen molar-refractivity contribution in [3.8, 4) is 0 Å². The summed E-state index contributed by atoms with van der Waals surface area (Å²) in [6.07, 6.45) is 10.3. The number of guanidine groups is 1. The standard InChI is InChI=1S/C23H39N5O4/c1-3-15(2)7-20(29)19(5-4-6-25-22(24)27-28(31)32)26-21(30)14-23-11-16-8-17(12-23)10-18(9-16)13-23/h15-19H,3-14H2,1-2H3,(H,26,30)(H3,24,25,27)/t15?,16?,17?,18?,19-,23?/m0/s1. The van der Waals surface area contributed by atoms with Crippen LogP contribution in [0.5, 0.6) is 0 Å². The summed E-state index contributed by atoms with van der Waals surface area (Å²) >= 11 is 0. The average Bonchev–Trinajstić information content (AvgIpc) is 2.68. The van der Waals surface area contributed by atoms with Crippen LogP contribution >= 0.6 is 0 Å². The fourth-order valence-corrected chi connectivity index (χ4v) is 6.66. The number of nitrogens with one attached hydrogen (secondary N) is 2. The van der Waals surface area contributed by atoms with E-state index in [0.29, 0.717) is 25.7 Å². The highest BCUT2D eigenvalue weighted by Gasteiger charge is 2.51. The number of nitrogens with zero attached hydrogens (tertiary/aromatic N) is 2. The monoisotopic (exact) mass is 449 g/mol. The van der Waals surface area contributed by atoms with Gasteiger partial charge in [0.25, 0.3) is 5.96 Å². The van der Waals surface area contributed by atoms with E-state index in [1.165, 1.54) is 19.3 Å². The fraction of sp³-hybridized carbons (Fsp3) is 0.870. The van der Waals surface area contributed by atoms with Gasteiger partial charge in [-0.25, -0.2) is 15.1 Å². The molecule has 1 amide bonds. The van der Waals surface area contributed by atoms with E-state index in [4.69, 9.17) is 5.73 Å². The van der Waals surface area contributed by atoms with Gasteiger partial charge in [0.05, 0.1) is 6.04 Å². The maximum absolute atomic E-state index is 13.1. The van der Waals surface area contributed by atoms with E-state index in [9.17, 15) is 19.7 Å². The van der Waals surface area contributed by atoms with E-state index in [1.807, 2.05) is 6.92 Å². The number of amides is 1. The van der Waals surface area contributed by atoms with Crippen molar-refractivity contribution in [3.05, 3.63) is 10.1 Å². The summed E-state index contributed by atoms with van der Waals surface area (Å²) in [4.78, 5) is 40.3. The molecule has 0 aromatic rings. The third-order valence-corrected chi connectivity index (χ3v) is 7.81. The van der Waals surface area contributed by atoms with Crippen LogP contribution in [0.25, 0.3) is 0 Å². The van der Waals surface area contributed by atoms with Crippen LogP contribution in [0.2, 0.25) is 0 Å². The predicted octanol–water partition coefficient (Wildman–Crippen LogP) is 2.96. The van der Waals surface area contributed by atoms with E-state index in [-0.39, 0.29) is 35.5 Å². The molecule has 4 aliphatic rings. The average molecular weight is 450 g/mol. The normalized spacial score (nSPS) is 30.6. The predicted molar refractivity (Wildman–Crippen MR) is 122 cm³/mol. The maximum atomic E-state index is 13.1. The van der Waals surface area contributed by atoms with Crippen molar-refractivity contribution >= 4 is 17.6 Å². The van der Waals surface area contributed by atoms with Crippen molar-refractivity contribution in [2.45, 2.75) is 90.5 Å². The smallest absolute Gasteiger partial charge is 0.251 e. The molecule has 2 atom stereocenters. The highest BCUT2D eigenvalue weighted by atomic mass is 16.7. The first-order chi connectivity index (χ1) is 15.2. The molecule has 0 heterocycles. The molecule has 4 saturated carbocycles. The molecule has 4 aliphatic carbocycles. The van der Waals surface area contributed by atoms with Gasteiger partial charge in [-0.05, 0) is 80.5 Å². The second kappa shape index (κ2) is 10.6. The van der Waals surface area contributed by atoms with Gasteiger partial charge in [-0.1, -0.05) is 25.7 Å². The molecule has 9 nitrogen and oxygen atoms in total. The number of ketones is 1. The number of carbonyl (C=O) groups excluding carboxylic acids is 2. The van der Waals surface area contributed by atoms with Crippen molar-refractivity contribution in [3.63, 3.8) is 0 Å². The molecular weight excluding hydrogens is 410 g/mol. The van der Waals surface area contributed by atoms with Gasteiger partial charge in [0.15, 0.2) is 10.8 Å². The van der Waals surface area contributed by atoms with Crippen molar-refractivity contribution in [1.82, 2.24) is 10.7 Å². The number of Topliss-reactive ketones (excluding diaryl/α,β-unsaturated/α-hetero) is 1. The minimum absolute atomic E-state index is 0.00696. The Morgan fingerprint density at radius 1 is 1.19 bits per heavy atom.